The molecule has 0 aliphatic carbocycles. The van der Waals surface area contributed by atoms with E-state index < -0.39 is 11.7 Å². The molecule has 6 nitrogen and oxygen atoms in total. The van der Waals surface area contributed by atoms with Crippen LogP contribution in [-0.2, 0) is 25.5 Å². The van der Waals surface area contributed by atoms with Crippen molar-refractivity contribution in [2.24, 2.45) is 0 Å². The SMILES string of the molecule is CNC(=O)[C@]1(Cc2cccc(-c3ccccc3)c2)CN(C(=O)[C@@H]2CCCO2)CCO1. The number of carbonyl (C=O) groups excluding carboxylic acids is 2. The van der Waals surface area contributed by atoms with Gasteiger partial charge in [-0.2, -0.15) is 0 Å². The zero-order valence-corrected chi connectivity index (χ0v) is 17.3. The number of benzene rings is 2. The number of rotatable bonds is 5. The lowest BCUT2D eigenvalue weighted by Gasteiger charge is -2.42. The monoisotopic (exact) mass is 408 g/mol. The predicted molar refractivity (Wildman–Crippen MR) is 114 cm³/mol. The van der Waals surface area contributed by atoms with Crippen LogP contribution < -0.4 is 5.32 Å². The molecule has 2 saturated heterocycles. The van der Waals surface area contributed by atoms with Crippen LogP contribution in [0.15, 0.2) is 54.6 Å². The first-order valence-corrected chi connectivity index (χ1v) is 10.5. The molecule has 1 N–H and O–H groups in total. The van der Waals surface area contributed by atoms with Crippen LogP contribution in [0.3, 0.4) is 0 Å². The van der Waals surface area contributed by atoms with E-state index >= 15 is 0 Å². The number of hydrogen-bond donors (Lipinski definition) is 1. The van der Waals surface area contributed by atoms with Gasteiger partial charge in [0.15, 0.2) is 5.60 Å². The van der Waals surface area contributed by atoms with Gasteiger partial charge in [-0.15, -0.1) is 0 Å². The number of carbonyl (C=O) groups is 2. The maximum atomic E-state index is 12.9. The summed E-state index contributed by atoms with van der Waals surface area (Å²) in [7, 11) is 1.61. The molecular formula is C24H28N2O4. The van der Waals surface area contributed by atoms with E-state index in [1.54, 1.807) is 11.9 Å². The van der Waals surface area contributed by atoms with Gasteiger partial charge in [0.25, 0.3) is 11.8 Å². The number of nitrogens with one attached hydrogen (secondary N) is 1. The third-order valence-electron chi connectivity index (χ3n) is 5.87. The van der Waals surface area contributed by atoms with Crippen LogP contribution in [-0.4, -0.2) is 61.8 Å². The highest BCUT2D eigenvalue weighted by atomic mass is 16.5. The highest BCUT2D eigenvalue weighted by molar-refractivity contribution is 5.88. The lowest BCUT2D eigenvalue weighted by molar-refractivity contribution is -0.169. The smallest absolute Gasteiger partial charge is 0.254 e. The van der Waals surface area contributed by atoms with Gasteiger partial charge in [-0.05, 0) is 29.5 Å². The van der Waals surface area contributed by atoms with E-state index in [0.717, 1.165) is 29.5 Å². The third kappa shape index (κ3) is 4.25. The Hall–Kier alpha value is -2.70. The van der Waals surface area contributed by atoms with Crippen molar-refractivity contribution in [3.05, 3.63) is 60.2 Å². The Morgan fingerprint density at radius 3 is 2.63 bits per heavy atom. The van der Waals surface area contributed by atoms with E-state index in [0.29, 0.717) is 26.2 Å². The second-order valence-electron chi connectivity index (χ2n) is 7.93. The Balaban J connectivity index is 1.58. The molecule has 4 rings (SSSR count). The van der Waals surface area contributed by atoms with Crippen LogP contribution in [0, 0.1) is 0 Å². The van der Waals surface area contributed by atoms with Crippen LogP contribution in [0.25, 0.3) is 11.1 Å². The molecule has 2 aromatic carbocycles. The zero-order chi connectivity index (χ0) is 21.0. The number of nitrogens with zero attached hydrogens (tertiary/aromatic N) is 1. The summed E-state index contributed by atoms with van der Waals surface area (Å²) < 4.78 is 11.6. The molecule has 0 spiro atoms. The molecule has 158 valence electrons. The van der Waals surface area contributed by atoms with E-state index in [-0.39, 0.29) is 18.4 Å². The quantitative estimate of drug-likeness (QED) is 0.825. The molecule has 2 aliphatic rings. The summed E-state index contributed by atoms with van der Waals surface area (Å²) in [5.74, 6) is -0.250. The van der Waals surface area contributed by atoms with Crippen molar-refractivity contribution in [3.8, 4) is 11.1 Å². The van der Waals surface area contributed by atoms with Gasteiger partial charge in [0, 0.05) is 26.6 Å². The van der Waals surface area contributed by atoms with Crippen LogP contribution in [0.1, 0.15) is 18.4 Å². The van der Waals surface area contributed by atoms with Gasteiger partial charge >= 0.3 is 0 Å². The Morgan fingerprint density at radius 2 is 1.90 bits per heavy atom. The van der Waals surface area contributed by atoms with Crippen LogP contribution in [0.4, 0.5) is 0 Å². The largest absolute Gasteiger partial charge is 0.368 e. The number of likely N-dealkylation sites (N-methyl/N-ethyl adjacent to an activating group) is 1. The first-order valence-electron chi connectivity index (χ1n) is 10.5. The molecule has 2 amide bonds. The molecule has 2 fully saturated rings. The van der Waals surface area contributed by atoms with Gasteiger partial charge < -0.3 is 19.7 Å². The van der Waals surface area contributed by atoms with Crippen molar-refractivity contribution in [1.29, 1.82) is 0 Å². The Bertz CT molecular complexity index is 895. The second kappa shape index (κ2) is 8.98. The van der Waals surface area contributed by atoms with Gasteiger partial charge in [-0.1, -0.05) is 54.6 Å². The Morgan fingerprint density at radius 1 is 1.10 bits per heavy atom. The summed E-state index contributed by atoms with van der Waals surface area (Å²) >= 11 is 0. The van der Waals surface area contributed by atoms with Crippen molar-refractivity contribution in [3.63, 3.8) is 0 Å². The summed E-state index contributed by atoms with van der Waals surface area (Å²) in [4.78, 5) is 27.6. The Labute approximate surface area is 177 Å². The maximum absolute atomic E-state index is 12.9. The molecule has 2 aromatic rings. The van der Waals surface area contributed by atoms with E-state index in [1.807, 2.05) is 30.3 Å². The Kier molecular flexibility index (Phi) is 6.16. The summed E-state index contributed by atoms with van der Waals surface area (Å²) in [5.41, 5.74) is 2.08. The molecule has 0 saturated carbocycles. The number of amides is 2. The van der Waals surface area contributed by atoms with Crippen molar-refractivity contribution in [2.45, 2.75) is 31.0 Å². The fourth-order valence-corrected chi connectivity index (χ4v) is 4.32. The van der Waals surface area contributed by atoms with E-state index in [9.17, 15) is 9.59 Å². The lowest BCUT2D eigenvalue weighted by Crippen LogP contribution is -2.62. The average molecular weight is 408 g/mol. The van der Waals surface area contributed by atoms with Crippen molar-refractivity contribution < 1.29 is 19.1 Å². The van der Waals surface area contributed by atoms with Gasteiger partial charge in [-0.3, -0.25) is 9.59 Å². The normalized spacial score (nSPS) is 23.9. The van der Waals surface area contributed by atoms with E-state index in [2.05, 4.69) is 29.6 Å². The van der Waals surface area contributed by atoms with E-state index in [1.165, 1.54) is 0 Å². The summed E-state index contributed by atoms with van der Waals surface area (Å²) in [6.45, 7) is 1.64. The molecule has 0 bridgehead atoms. The minimum absolute atomic E-state index is 0.0397. The molecule has 2 aliphatic heterocycles. The van der Waals surface area contributed by atoms with Crippen LogP contribution >= 0.6 is 0 Å². The molecule has 2 heterocycles. The first-order chi connectivity index (χ1) is 14.6. The maximum Gasteiger partial charge on any atom is 0.254 e. The zero-order valence-electron chi connectivity index (χ0n) is 17.3. The molecule has 2 atom stereocenters. The summed E-state index contributed by atoms with van der Waals surface area (Å²) in [5, 5.41) is 2.74. The lowest BCUT2D eigenvalue weighted by atomic mass is 9.89. The molecular weight excluding hydrogens is 380 g/mol. The predicted octanol–water partition coefficient (Wildman–Crippen LogP) is 2.42. The third-order valence-corrected chi connectivity index (χ3v) is 5.87. The van der Waals surface area contributed by atoms with Crippen LogP contribution in [0.2, 0.25) is 0 Å². The summed E-state index contributed by atoms with van der Waals surface area (Å²) in [6, 6.07) is 18.3. The molecule has 0 unspecified atom stereocenters. The number of hydrogen-bond acceptors (Lipinski definition) is 4. The highest BCUT2D eigenvalue weighted by Gasteiger charge is 2.45. The first kappa shape index (κ1) is 20.6. The van der Waals surface area contributed by atoms with Gasteiger partial charge in [-0.25, -0.2) is 0 Å². The fourth-order valence-electron chi connectivity index (χ4n) is 4.32. The fraction of sp³-hybridized carbons (Fsp3) is 0.417. The topological polar surface area (TPSA) is 67.9 Å². The molecule has 30 heavy (non-hydrogen) atoms. The summed E-state index contributed by atoms with van der Waals surface area (Å²) in [6.07, 6.45) is 1.63. The minimum atomic E-state index is -1.11. The van der Waals surface area contributed by atoms with Crippen molar-refractivity contribution in [1.82, 2.24) is 10.2 Å². The average Bonchev–Trinajstić information content (AvgIpc) is 3.34. The van der Waals surface area contributed by atoms with Crippen molar-refractivity contribution >= 4 is 11.8 Å². The second-order valence-corrected chi connectivity index (χ2v) is 7.93. The van der Waals surface area contributed by atoms with Gasteiger partial charge in [0.1, 0.15) is 6.10 Å². The standard InChI is InChI=1S/C24H28N2O4/c1-25-23(28)24(17-26(12-14-30-24)22(27)21-11-6-13-29-21)16-18-7-5-10-20(15-18)19-8-3-2-4-9-19/h2-5,7-10,15,21H,6,11-14,16-17H2,1H3,(H,25,28)/t21-,24-/m0/s1. The molecule has 6 heteroatoms. The van der Waals surface area contributed by atoms with Gasteiger partial charge in [0.2, 0.25) is 0 Å². The van der Waals surface area contributed by atoms with Crippen LogP contribution in [0.5, 0.6) is 0 Å². The number of ether oxygens (including phenoxy) is 2. The molecule has 0 aromatic heterocycles. The van der Waals surface area contributed by atoms with E-state index in [4.69, 9.17) is 9.47 Å². The van der Waals surface area contributed by atoms with Gasteiger partial charge in [0.05, 0.1) is 13.2 Å². The minimum Gasteiger partial charge on any atom is -0.368 e. The van der Waals surface area contributed by atoms with Crippen molar-refractivity contribution in [2.75, 3.05) is 33.4 Å². The highest BCUT2D eigenvalue weighted by Crippen LogP contribution is 2.28. The number of morpholine rings is 1. The molecule has 0 radical (unpaired) electrons.